The first-order valence-corrected chi connectivity index (χ1v) is 9.30. The zero-order valence-corrected chi connectivity index (χ0v) is 18.5. The zero-order valence-electron chi connectivity index (χ0n) is 15.4. The van der Waals surface area contributed by atoms with Crippen molar-refractivity contribution in [2.45, 2.75) is 32.2 Å². The van der Waals surface area contributed by atoms with Crippen LogP contribution in [0, 0.1) is 11.8 Å². The van der Waals surface area contributed by atoms with Crippen molar-refractivity contribution < 1.29 is 9.53 Å². The summed E-state index contributed by atoms with van der Waals surface area (Å²) in [5.41, 5.74) is 1.27. The van der Waals surface area contributed by atoms with Crippen LogP contribution in [-0.4, -0.2) is 49.6 Å². The molecule has 1 aromatic carbocycles. The number of halogens is 2. The average molecular weight is 492 g/mol. The highest BCUT2D eigenvalue weighted by molar-refractivity contribution is 14.0. The Labute approximate surface area is 177 Å². The van der Waals surface area contributed by atoms with Crippen LogP contribution in [-0.2, 0) is 9.53 Å². The molecule has 0 spiro atoms. The molecule has 1 saturated heterocycles. The second-order valence-corrected chi connectivity index (χ2v) is 7.39. The van der Waals surface area contributed by atoms with E-state index in [4.69, 9.17) is 16.3 Å². The topological polar surface area (TPSA) is 53.9 Å². The summed E-state index contributed by atoms with van der Waals surface area (Å²) in [7, 11) is 1.46. The van der Waals surface area contributed by atoms with Crippen LogP contribution in [0.3, 0.4) is 0 Å². The Hall–Kier alpha value is -1.02. The first-order valence-electron chi connectivity index (χ1n) is 8.92. The number of nitrogens with one attached hydrogen (secondary N) is 1. The van der Waals surface area contributed by atoms with Crippen molar-refractivity contribution in [1.82, 2.24) is 10.2 Å². The van der Waals surface area contributed by atoms with Crippen molar-refractivity contribution in [2.24, 2.45) is 16.8 Å². The van der Waals surface area contributed by atoms with Crippen molar-refractivity contribution in [3.63, 3.8) is 0 Å². The summed E-state index contributed by atoms with van der Waals surface area (Å²) in [6, 6.07) is 8.43. The van der Waals surface area contributed by atoms with Gasteiger partial charge in [-0.1, -0.05) is 30.7 Å². The van der Waals surface area contributed by atoms with Crippen molar-refractivity contribution in [1.29, 1.82) is 0 Å². The van der Waals surface area contributed by atoms with E-state index in [9.17, 15) is 4.79 Å². The van der Waals surface area contributed by atoms with E-state index in [0.29, 0.717) is 25.0 Å². The summed E-state index contributed by atoms with van der Waals surface area (Å²) in [4.78, 5) is 18.8. The summed E-state index contributed by atoms with van der Waals surface area (Å²) in [5.74, 6) is 1.41. The van der Waals surface area contributed by atoms with Gasteiger partial charge in [0.1, 0.15) is 0 Å². The van der Waals surface area contributed by atoms with E-state index in [1.807, 2.05) is 25.1 Å². The lowest BCUT2D eigenvalue weighted by Gasteiger charge is -2.22. The highest BCUT2D eigenvalue weighted by Gasteiger charge is 2.42. The van der Waals surface area contributed by atoms with E-state index in [-0.39, 0.29) is 41.8 Å². The molecule has 0 bridgehead atoms. The van der Waals surface area contributed by atoms with Gasteiger partial charge in [0.15, 0.2) is 5.96 Å². The molecule has 1 N–H and O–H groups in total. The Bertz CT molecular complexity index is 670. The van der Waals surface area contributed by atoms with Crippen LogP contribution in [0.5, 0.6) is 0 Å². The molecule has 144 valence electrons. The number of benzene rings is 1. The number of likely N-dealkylation sites (tertiary alicyclic amines) is 1. The molecule has 1 aromatic rings. The first-order chi connectivity index (χ1) is 12.0. The van der Waals surface area contributed by atoms with Crippen LogP contribution < -0.4 is 5.32 Å². The van der Waals surface area contributed by atoms with Crippen molar-refractivity contribution in [3.05, 3.63) is 34.9 Å². The minimum atomic E-state index is -0.130. The molecule has 5 nitrogen and oxygen atoms in total. The second kappa shape index (κ2) is 9.26. The molecule has 0 aromatic heterocycles. The number of hydrogen-bond acceptors (Lipinski definition) is 3. The van der Waals surface area contributed by atoms with Crippen LogP contribution in [0.25, 0.3) is 0 Å². The number of rotatable bonds is 4. The first kappa shape index (κ1) is 21.3. The lowest BCUT2D eigenvalue weighted by Crippen LogP contribution is -2.42. The van der Waals surface area contributed by atoms with E-state index < -0.39 is 0 Å². The number of guanidine groups is 1. The number of carbonyl (C=O) groups excluding carboxylic acids is 1. The summed E-state index contributed by atoms with van der Waals surface area (Å²) in [6.45, 7) is 6.32. The van der Waals surface area contributed by atoms with Gasteiger partial charge in [-0.25, -0.2) is 0 Å². The number of carbonyl (C=O) groups is 1. The average Bonchev–Trinajstić information content (AvgIpc) is 3.26. The van der Waals surface area contributed by atoms with Gasteiger partial charge in [-0.2, -0.15) is 0 Å². The van der Waals surface area contributed by atoms with E-state index in [1.54, 1.807) is 0 Å². The molecule has 7 heteroatoms. The Morgan fingerprint density at radius 2 is 2.19 bits per heavy atom. The van der Waals surface area contributed by atoms with E-state index in [2.05, 4.69) is 28.2 Å². The number of esters is 1. The number of methoxy groups -OCH3 is 1. The minimum Gasteiger partial charge on any atom is -0.469 e. The molecule has 4 unspecified atom stereocenters. The second-order valence-electron chi connectivity index (χ2n) is 6.96. The van der Waals surface area contributed by atoms with Crippen LogP contribution >= 0.6 is 35.6 Å². The lowest BCUT2D eigenvalue weighted by molar-refractivity contribution is -0.145. The molecule has 1 aliphatic carbocycles. The van der Waals surface area contributed by atoms with Crippen molar-refractivity contribution in [2.75, 3.05) is 26.7 Å². The highest BCUT2D eigenvalue weighted by atomic mass is 127. The van der Waals surface area contributed by atoms with Crippen LogP contribution in [0.1, 0.15) is 31.7 Å². The maximum Gasteiger partial charge on any atom is 0.310 e. The van der Waals surface area contributed by atoms with Crippen LogP contribution in [0.2, 0.25) is 5.02 Å². The molecule has 4 atom stereocenters. The van der Waals surface area contributed by atoms with Gasteiger partial charge in [-0.3, -0.25) is 9.79 Å². The van der Waals surface area contributed by atoms with Crippen LogP contribution in [0.4, 0.5) is 0 Å². The Morgan fingerprint density at radius 1 is 1.42 bits per heavy atom. The molecule has 1 saturated carbocycles. The fourth-order valence-electron chi connectivity index (χ4n) is 3.61. The number of hydrogen-bond donors (Lipinski definition) is 1. The Morgan fingerprint density at radius 3 is 2.85 bits per heavy atom. The zero-order chi connectivity index (χ0) is 18.0. The van der Waals surface area contributed by atoms with Gasteiger partial charge in [-0.05, 0) is 37.0 Å². The lowest BCUT2D eigenvalue weighted by atomic mass is 9.99. The number of nitrogens with zero attached hydrogens (tertiary/aromatic N) is 2. The van der Waals surface area contributed by atoms with Gasteiger partial charge in [-0.15, -0.1) is 24.0 Å². The predicted molar refractivity (Wildman–Crippen MR) is 115 cm³/mol. The third-order valence-corrected chi connectivity index (χ3v) is 5.34. The van der Waals surface area contributed by atoms with E-state index in [1.165, 1.54) is 12.7 Å². The van der Waals surface area contributed by atoms with Crippen molar-refractivity contribution in [3.8, 4) is 0 Å². The molecule has 0 radical (unpaired) electrons. The summed E-state index contributed by atoms with van der Waals surface area (Å²) >= 11 is 6.10. The smallest absolute Gasteiger partial charge is 0.310 e. The Kier molecular flexibility index (Phi) is 7.58. The van der Waals surface area contributed by atoms with Crippen molar-refractivity contribution >= 4 is 47.5 Å². The summed E-state index contributed by atoms with van der Waals surface area (Å²) in [5, 5.41) is 4.36. The third kappa shape index (κ3) is 4.82. The minimum absolute atomic E-state index is 0. The molecular formula is C19H27ClIN3O2. The van der Waals surface area contributed by atoms with Gasteiger partial charge in [0, 0.05) is 36.6 Å². The quantitative estimate of drug-likeness (QED) is 0.303. The Balaban J connectivity index is 0.00000243. The molecular weight excluding hydrogens is 465 g/mol. The highest BCUT2D eigenvalue weighted by Crippen LogP contribution is 2.41. The monoisotopic (exact) mass is 491 g/mol. The third-order valence-electron chi connectivity index (χ3n) is 5.11. The largest absolute Gasteiger partial charge is 0.469 e. The predicted octanol–water partition coefficient (Wildman–Crippen LogP) is 3.52. The maximum absolute atomic E-state index is 11.9. The summed E-state index contributed by atoms with van der Waals surface area (Å²) in [6.07, 6.45) is 1.08. The molecule has 1 aliphatic heterocycles. The van der Waals surface area contributed by atoms with Gasteiger partial charge in [0.05, 0.1) is 13.0 Å². The molecule has 26 heavy (non-hydrogen) atoms. The van der Waals surface area contributed by atoms with Gasteiger partial charge >= 0.3 is 5.97 Å². The molecule has 1 heterocycles. The number of aliphatic imine (C=N–C) groups is 1. The fourth-order valence-corrected chi connectivity index (χ4v) is 3.81. The standard InChI is InChI=1S/C19H26ClN3O2.HI/c1-4-21-19(23-10-12(2)16(11-23)18(24)25-3)22-17-9-15(17)13-6-5-7-14(20)8-13;/h5-8,12,15-17H,4,9-11H2,1-3H3,(H,21,22);1H. The SMILES string of the molecule is CCN=C(NC1CC1c1cccc(Cl)c1)N1CC(C)C(C(=O)OC)C1.I. The summed E-state index contributed by atoms with van der Waals surface area (Å²) < 4.78 is 4.93. The van der Waals surface area contributed by atoms with Gasteiger partial charge in [0.25, 0.3) is 0 Å². The van der Waals surface area contributed by atoms with Gasteiger partial charge < -0.3 is 15.0 Å². The molecule has 3 rings (SSSR count). The normalized spacial score (nSPS) is 27.7. The maximum atomic E-state index is 11.9. The van der Waals surface area contributed by atoms with Crippen LogP contribution in [0.15, 0.2) is 29.3 Å². The van der Waals surface area contributed by atoms with E-state index in [0.717, 1.165) is 23.9 Å². The number of ether oxygens (including phenoxy) is 1. The van der Waals surface area contributed by atoms with E-state index >= 15 is 0 Å². The molecule has 2 aliphatic rings. The van der Waals surface area contributed by atoms with Gasteiger partial charge in [0.2, 0.25) is 0 Å². The molecule has 0 amide bonds. The molecule has 2 fully saturated rings. The fraction of sp³-hybridized carbons (Fsp3) is 0.579.